The molecule has 0 spiro atoms. The Morgan fingerprint density at radius 2 is 1.87 bits per heavy atom. The number of aromatic hydroxyl groups is 2. The number of ketones is 3. The lowest BCUT2D eigenvalue weighted by Crippen LogP contribution is -2.60. The van der Waals surface area contributed by atoms with Gasteiger partial charge in [-0.1, -0.05) is 28.5 Å². The fourth-order valence-electron chi connectivity index (χ4n) is 6.30. The molecule has 6 rings (SSSR count). The number of β-lactam (4-membered cyclic amide) rings is 1. The number of carbonyl (C=O) groups is 7. The lowest BCUT2D eigenvalue weighted by Gasteiger charge is -2.41. The normalized spacial score (nSPS) is 24.0. The topological polar surface area (TPSA) is 246 Å². The molecule has 1 aromatic heterocycles. The molecule has 4 aliphatic heterocycles. The minimum atomic E-state index is -2.01. The van der Waals surface area contributed by atoms with Crippen LogP contribution < -0.4 is 5.43 Å². The number of carbonyl (C=O) groups excluding carboxylic acids is 6. The third-order valence-corrected chi connectivity index (χ3v) is 12.2. The van der Waals surface area contributed by atoms with Crippen LogP contribution in [0.5, 0.6) is 11.5 Å². The first-order chi connectivity index (χ1) is 24.6. The maximum absolute atomic E-state index is 13.8. The number of rotatable bonds is 12. The zero-order chi connectivity index (χ0) is 37.7. The second kappa shape index (κ2) is 14.0. The van der Waals surface area contributed by atoms with E-state index in [2.05, 4.69) is 15.6 Å². The van der Waals surface area contributed by atoms with Gasteiger partial charge in [-0.05, 0) is 26.0 Å². The molecule has 21 heteroatoms. The fourth-order valence-corrected chi connectivity index (χ4v) is 8.84. The molecule has 1 aromatic carbocycles. The van der Waals surface area contributed by atoms with E-state index < -0.39 is 92.2 Å². The number of nitrogens with zero attached hydrogens (tertiary/aromatic N) is 5. The number of hydrogen-bond donors (Lipinski definition) is 4. The molecule has 2 aromatic rings. The first-order valence-electron chi connectivity index (χ1n) is 15.8. The Labute approximate surface area is 307 Å². The van der Waals surface area contributed by atoms with E-state index in [0.29, 0.717) is 5.01 Å². The van der Waals surface area contributed by atoms with Crippen molar-refractivity contribution < 1.29 is 58.5 Å². The van der Waals surface area contributed by atoms with Crippen molar-refractivity contribution in [1.82, 2.24) is 25.2 Å². The second-order valence-corrected chi connectivity index (χ2v) is 15.2. The molecule has 4 N–H and O–H groups in total. The minimum absolute atomic E-state index is 0.189. The Hall–Kier alpha value is -4.79. The van der Waals surface area contributed by atoms with Crippen LogP contribution in [0, 0.1) is 12.8 Å². The van der Waals surface area contributed by atoms with Crippen molar-refractivity contribution in [3.63, 3.8) is 0 Å². The van der Waals surface area contributed by atoms with Gasteiger partial charge in [0.25, 0.3) is 5.78 Å². The number of benzene rings is 1. The van der Waals surface area contributed by atoms with E-state index in [1.807, 2.05) is 0 Å². The second-order valence-electron chi connectivity index (χ2n) is 12.4. The number of carboxylic acids is 1. The SMILES string of the molecule is CC(=O)C1(O/N=C(\C(=O)C[C@@H]2C(=O)N3C[C@@](C(=O)O)(N4CCN(NC(=O)C(=O)c5ccc(O)c(O)c5Cl)C4=O)S[C@H]23)c2csc(C)n2)CCOCC1. The Morgan fingerprint density at radius 1 is 1.15 bits per heavy atom. The molecule has 4 amide bonds. The summed E-state index contributed by atoms with van der Waals surface area (Å²) >= 11 is 7.94. The zero-order valence-corrected chi connectivity index (χ0v) is 29.9. The van der Waals surface area contributed by atoms with Crippen LogP contribution in [-0.4, -0.2) is 131 Å². The molecule has 0 aliphatic carbocycles. The number of thiazole rings is 1. The van der Waals surface area contributed by atoms with Gasteiger partial charge in [0, 0.05) is 31.2 Å². The van der Waals surface area contributed by atoms with E-state index in [1.165, 1.54) is 23.2 Å². The van der Waals surface area contributed by atoms with E-state index in [1.54, 1.807) is 12.3 Å². The molecule has 4 fully saturated rings. The number of hydrazine groups is 1. The Bertz CT molecular complexity index is 1930. The highest BCUT2D eigenvalue weighted by atomic mass is 35.5. The van der Waals surface area contributed by atoms with E-state index >= 15 is 0 Å². The number of phenolic OH excluding ortho intramolecular Hbond substituents is 2. The lowest BCUT2D eigenvalue weighted by molar-refractivity contribution is -0.156. The predicted molar refractivity (Wildman–Crippen MR) is 181 cm³/mol. The Balaban J connectivity index is 1.16. The number of oxime groups is 1. The van der Waals surface area contributed by atoms with Crippen LogP contribution in [-0.2, 0) is 33.5 Å². The number of thioether (sulfide) groups is 1. The van der Waals surface area contributed by atoms with Gasteiger partial charge in [-0.15, -0.1) is 11.3 Å². The number of ether oxygens (including phenoxy) is 1. The third-order valence-electron chi connectivity index (χ3n) is 9.30. The van der Waals surface area contributed by atoms with Crippen LogP contribution in [0.15, 0.2) is 22.7 Å². The van der Waals surface area contributed by atoms with Gasteiger partial charge >= 0.3 is 17.9 Å². The summed E-state index contributed by atoms with van der Waals surface area (Å²) in [4.78, 5) is 102. The van der Waals surface area contributed by atoms with Gasteiger partial charge in [0.1, 0.15) is 5.69 Å². The standard InChI is InChI=1S/C31H31ClN6O12S2/c1-14(39)30(5-9-49-10-6-30)50-35-22(18-12-51-15(2)33-18)20(41)11-17-26(45)36-13-31(28(46)47,52-27(17)36)37-7-8-38(29(37)48)34-25(44)23(42)16-3-4-19(40)24(43)21(16)32/h3-4,12,17,27,40,43H,5-11,13H2,1-2H3,(H,34,44)(H,46,47)/b35-22-/t17-,27-,31-/m1/s1. The maximum Gasteiger partial charge on any atom is 0.342 e. The van der Waals surface area contributed by atoms with Crippen LogP contribution in [0.2, 0.25) is 5.02 Å². The van der Waals surface area contributed by atoms with E-state index in [4.69, 9.17) is 21.2 Å². The van der Waals surface area contributed by atoms with Crippen molar-refractivity contribution in [2.75, 3.05) is 32.8 Å². The monoisotopic (exact) mass is 778 g/mol. The smallest absolute Gasteiger partial charge is 0.342 e. The zero-order valence-electron chi connectivity index (χ0n) is 27.5. The predicted octanol–water partition coefficient (Wildman–Crippen LogP) is 1.30. The minimum Gasteiger partial charge on any atom is -0.504 e. The Morgan fingerprint density at radius 3 is 2.50 bits per heavy atom. The molecular formula is C31H31ClN6O12S2. The van der Waals surface area contributed by atoms with Gasteiger partial charge in [0.05, 0.1) is 53.2 Å². The van der Waals surface area contributed by atoms with Gasteiger partial charge in [0.2, 0.25) is 10.8 Å². The summed E-state index contributed by atoms with van der Waals surface area (Å²) < 4.78 is 5.36. The molecule has 18 nitrogen and oxygen atoms in total. The van der Waals surface area contributed by atoms with Crippen molar-refractivity contribution in [3.8, 4) is 11.5 Å². The molecule has 3 atom stereocenters. The number of urea groups is 1. The quantitative estimate of drug-likeness (QED) is 0.0593. The summed E-state index contributed by atoms with van der Waals surface area (Å²) in [7, 11) is 0. The molecule has 5 heterocycles. The summed E-state index contributed by atoms with van der Waals surface area (Å²) in [6, 6.07) is 0.974. The van der Waals surface area contributed by atoms with Crippen LogP contribution >= 0.6 is 34.7 Å². The van der Waals surface area contributed by atoms with Crippen LogP contribution in [0.25, 0.3) is 0 Å². The maximum atomic E-state index is 13.8. The molecule has 0 saturated carbocycles. The van der Waals surface area contributed by atoms with Crippen LogP contribution in [0.4, 0.5) is 4.79 Å². The molecule has 0 unspecified atom stereocenters. The van der Waals surface area contributed by atoms with Crippen LogP contribution in [0.3, 0.4) is 0 Å². The van der Waals surface area contributed by atoms with Gasteiger partial charge < -0.3 is 29.8 Å². The average molecular weight is 779 g/mol. The average Bonchev–Trinajstić information content (AvgIpc) is 3.82. The molecule has 0 radical (unpaired) electrons. The fraction of sp³-hybridized carbons (Fsp3) is 0.452. The highest BCUT2D eigenvalue weighted by Crippen LogP contribution is 2.53. The van der Waals surface area contributed by atoms with Crippen molar-refractivity contribution in [1.29, 1.82) is 0 Å². The van der Waals surface area contributed by atoms with Crippen molar-refractivity contribution in [3.05, 3.63) is 38.8 Å². The number of halogens is 1. The number of phenols is 2. The highest BCUT2D eigenvalue weighted by Gasteiger charge is 2.66. The summed E-state index contributed by atoms with van der Waals surface area (Å²) in [5, 5.41) is 35.5. The number of fused-ring (bicyclic) bond motifs is 1. The van der Waals surface area contributed by atoms with Crippen LogP contribution in [0.1, 0.15) is 47.2 Å². The summed E-state index contributed by atoms with van der Waals surface area (Å²) in [5.74, 6) is -7.91. The molecule has 52 heavy (non-hydrogen) atoms. The number of aromatic nitrogens is 1. The third kappa shape index (κ3) is 6.32. The molecule has 276 valence electrons. The van der Waals surface area contributed by atoms with E-state index in [9.17, 15) is 48.9 Å². The number of amides is 4. The molecule has 4 saturated heterocycles. The summed E-state index contributed by atoms with van der Waals surface area (Å²) in [6.45, 7) is 2.73. The van der Waals surface area contributed by atoms with Gasteiger partial charge in [-0.25, -0.2) is 19.6 Å². The van der Waals surface area contributed by atoms with Crippen molar-refractivity contribution >= 4 is 81.6 Å². The first-order valence-corrected chi connectivity index (χ1v) is 17.9. The van der Waals surface area contributed by atoms with E-state index in [-0.39, 0.29) is 56.3 Å². The molecule has 0 bridgehead atoms. The van der Waals surface area contributed by atoms with Gasteiger partial charge in [-0.2, -0.15) is 0 Å². The highest BCUT2D eigenvalue weighted by molar-refractivity contribution is 8.02. The van der Waals surface area contributed by atoms with Crippen molar-refractivity contribution in [2.45, 2.75) is 49.0 Å². The van der Waals surface area contributed by atoms with E-state index in [0.717, 1.165) is 33.8 Å². The number of aryl methyl sites for hydroxylation is 1. The summed E-state index contributed by atoms with van der Waals surface area (Å²) in [6.07, 6.45) is 0.0457. The van der Waals surface area contributed by atoms with Gasteiger partial charge in [0.15, 0.2) is 34.4 Å². The number of nitrogens with one attached hydrogen (secondary N) is 1. The number of carboxylic acid groups (broad SMARTS) is 1. The molecule has 4 aliphatic rings. The van der Waals surface area contributed by atoms with Gasteiger partial charge in [-0.3, -0.25) is 34.3 Å². The van der Waals surface area contributed by atoms with Crippen molar-refractivity contribution in [2.24, 2.45) is 11.1 Å². The summed E-state index contributed by atoms with van der Waals surface area (Å²) in [5.41, 5.74) is 0.351. The largest absolute Gasteiger partial charge is 0.504 e. The molecular weight excluding hydrogens is 748 g/mol. The first kappa shape index (κ1) is 37.0. The lowest BCUT2D eigenvalue weighted by atomic mass is 9.90. The number of Topliss-reactive ketones (excluding diaryl/α,β-unsaturated/α-hetero) is 3. The number of aliphatic carboxylic acids is 1. The Kier molecular flexibility index (Phi) is 9.94. The number of hydrogen-bond acceptors (Lipinski definition) is 15.